The third-order valence-corrected chi connectivity index (χ3v) is 3.36. The first-order valence-electron chi connectivity index (χ1n) is 6.51. The Labute approximate surface area is 120 Å². The van der Waals surface area contributed by atoms with E-state index in [0.29, 0.717) is 18.8 Å². The third-order valence-electron chi connectivity index (χ3n) is 3.36. The summed E-state index contributed by atoms with van der Waals surface area (Å²) in [4.78, 5) is 27.1. The molecule has 0 saturated carbocycles. The van der Waals surface area contributed by atoms with Crippen LogP contribution in [0.5, 0.6) is 0 Å². The van der Waals surface area contributed by atoms with Gasteiger partial charge in [-0.15, -0.1) is 0 Å². The van der Waals surface area contributed by atoms with Gasteiger partial charge in [0.05, 0.1) is 0 Å². The number of carboxylic acids is 1. The Morgan fingerprint density at radius 3 is 2.81 bits per heavy atom. The van der Waals surface area contributed by atoms with Gasteiger partial charge in [0, 0.05) is 30.2 Å². The van der Waals surface area contributed by atoms with Gasteiger partial charge in [0.15, 0.2) is 0 Å². The first-order valence-corrected chi connectivity index (χ1v) is 6.51. The number of para-hydroxylation sites is 1. The summed E-state index contributed by atoms with van der Waals surface area (Å²) in [5.41, 5.74) is 1.02. The minimum atomic E-state index is -1.25. The van der Waals surface area contributed by atoms with Crippen molar-refractivity contribution in [1.82, 2.24) is 9.55 Å². The average Bonchev–Trinajstić information content (AvgIpc) is 2.90. The molecule has 0 fully saturated rings. The lowest BCUT2D eigenvalue weighted by atomic mass is 10.2. The molecule has 1 aliphatic heterocycles. The lowest BCUT2D eigenvalue weighted by Gasteiger charge is -2.04. The zero-order valence-electron chi connectivity index (χ0n) is 11.1. The summed E-state index contributed by atoms with van der Waals surface area (Å²) in [7, 11) is 0. The van der Waals surface area contributed by atoms with Gasteiger partial charge in [-0.25, -0.2) is 9.78 Å². The summed E-state index contributed by atoms with van der Waals surface area (Å²) in [5.74, 6) is -0.726. The van der Waals surface area contributed by atoms with E-state index < -0.39 is 11.5 Å². The number of carboxylic acid groups (broad SMARTS) is 1. The fourth-order valence-corrected chi connectivity index (χ4v) is 2.29. The number of anilines is 1. The number of nitrogens with one attached hydrogen (secondary N) is 1. The molecule has 0 unspecified atom stereocenters. The number of rotatable bonds is 3. The Kier molecular flexibility index (Phi) is 3.27. The number of fused-ring (bicyclic) bond motifs is 1. The second-order valence-corrected chi connectivity index (χ2v) is 4.69. The maximum Gasteiger partial charge on any atom is 0.342 e. The van der Waals surface area contributed by atoms with E-state index in [1.54, 1.807) is 6.20 Å². The molecule has 2 heterocycles. The molecule has 0 spiro atoms. The smallest absolute Gasteiger partial charge is 0.342 e. The highest BCUT2D eigenvalue weighted by Gasteiger charge is 2.22. The molecular formula is C15H13N3O3. The molecule has 1 aliphatic rings. The number of hydrogen-bond acceptors (Lipinski definition) is 4. The molecule has 2 aromatic rings. The summed E-state index contributed by atoms with van der Waals surface area (Å²) in [6.07, 6.45) is 3.57. The van der Waals surface area contributed by atoms with Crippen LogP contribution in [0, 0.1) is 0 Å². The first-order chi connectivity index (χ1) is 10.2. The van der Waals surface area contributed by atoms with E-state index in [4.69, 9.17) is 5.11 Å². The maximum atomic E-state index is 12.0. The summed E-state index contributed by atoms with van der Waals surface area (Å²) in [6.45, 7) is 0.449. The predicted octanol–water partition coefficient (Wildman–Crippen LogP) is 1.80. The molecule has 6 nitrogen and oxygen atoms in total. The van der Waals surface area contributed by atoms with E-state index in [0.717, 1.165) is 17.5 Å². The quantitative estimate of drug-likeness (QED) is 0.897. The lowest BCUT2D eigenvalue weighted by molar-refractivity contribution is 0.0693. The molecule has 2 N–H and O–H groups in total. The third kappa shape index (κ3) is 2.43. The van der Waals surface area contributed by atoms with Crippen LogP contribution in [0.3, 0.4) is 0 Å². The van der Waals surface area contributed by atoms with Crippen molar-refractivity contribution in [2.75, 3.05) is 5.32 Å². The van der Waals surface area contributed by atoms with Crippen LogP contribution >= 0.6 is 0 Å². The maximum absolute atomic E-state index is 12.0. The van der Waals surface area contributed by atoms with Crippen molar-refractivity contribution in [2.45, 2.75) is 13.0 Å². The molecule has 3 rings (SSSR count). The standard InChI is InChI=1S/C15H13N3O3/c19-14-12(15(20)21)9-17-13-10(6-7-18(13)14)8-16-11-4-2-1-3-5-11/h1-5,8-9,16H,6-7H2,(H,20,21)/b10-8+. The second kappa shape index (κ2) is 5.24. The number of allylic oxidation sites excluding steroid dienone is 1. The first kappa shape index (κ1) is 13.1. The van der Waals surface area contributed by atoms with Gasteiger partial charge in [-0.05, 0) is 18.6 Å². The van der Waals surface area contributed by atoms with E-state index in [2.05, 4.69) is 10.3 Å². The van der Waals surface area contributed by atoms with Crippen LogP contribution in [0.25, 0.3) is 5.57 Å². The van der Waals surface area contributed by atoms with Gasteiger partial charge < -0.3 is 10.4 Å². The van der Waals surface area contributed by atoms with E-state index in [1.807, 2.05) is 30.3 Å². The van der Waals surface area contributed by atoms with Crippen LogP contribution in [0.15, 0.2) is 47.5 Å². The highest BCUT2D eigenvalue weighted by molar-refractivity contribution is 5.87. The second-order valence-electron chi connectivity index (χ2n) is 4.69. The van der Waals surface area contributed by atoms with Gasteiger partial charge in [-0.1, -0.05) is 18.2 Å². The van der Waals surface area contributed by atoms with Crippen molar-refractivity contribution < 1.29 is 9.90 Å². The Morgan fingerprint density at radius 2 is 2.10 bits per heavy atom. The fraction of sp³-hybridized carbons (Fsp3) is 0.133. The minimum Gasteiger partial charge on any atom is -0.477 e. The molecule has 0 bridgehead atoms. The number of hydrogen-bond donors (Lipinski definition) is 2. The summed E-state index contributed by atoms with van der Waals surface area (Å²) >= 11 is 0. The van der Waals surface area contributed by atoms with Crippen molar-refractivity contribution in [3.05, 3.63) is 64.5 Å². The highest BCUT2D eigenvalue weighted by Crippen LogP contribution is 2.23. The Hall–Kier alpha value is -2.89. The van der Waals surface area contributed by atoms with Gasteiger partial charge in [0.25, 0.3) is 5.56 Å². The fourth-order valence-electron chi connectivity index (χ4n) is 2.29. The predicted molar refractivity (Wildman–Crippen MR) is 78.1 cm³/mol. The van der Waals surface area contributed by atoms with Crippen LogP contribution in [0.1, 0.15) is 22.6 Å². The van der Waals surface area contributed by atoms with Crippen molar-refractivity contribution in [3.8, 4) is 0 Å². The molecular weight excluding hydrogens is 270 g/mol. The van der Waals surface area contributed by atoms with Crippen molar-refractivity contribution in [3.63, 3.8) is 0 Å². The largest absolute Gasteiger partial charge is 0.477 e. The molecule has 106 valence electrons. The normalized spacial score (nSPS) is 15.0. The molecule has 0 radical (unpaired) electrons. The monoisotopic (exact) mass is 283 g/mol. The summed E-state index contributed by atoms with van der Waals surface area (Å²) < 4.78 is 1.40. The van der Waals surface area contributed by atoms with Crippen LogP contribution in [0.4, 0.5) is 5.69 Å². The summed E-state index contributed by atoms with van der Waals surface area (Å²) in [6, 6.07) is 9.63. The van der Waals surface area contributed by atoms with E-state index in [9.17, 15) is 9.59 Å². The van der Waals surface area contributed by atoms with Crippen LogP contribution in [-0.2, 0) is 6.54 Å². The minimum absolute atomic E-state index is 0.295. The zero-order valence-corrected chi connectivity index (χ0v) is 11.1. The van der Waals surface area contributed by atoms with Crippen molar-refractivity contribution >= 4 is 17.2 Å². The van der Waals surface area contributed by atoms with Crippen LogP contribution in [0.2, 0.25) is 0 Å². The number of nitrogens with zero attached hydrogens (tertiary/aromatic N) is 2. The number of aromatic carboxylic acids is 1. The molecule has 6 heteroatoms. The zero-order chi connectivity index (χ0) is 14.8. The van der Waals surface area contributed by atoms with E-state index in [1.165, 1.54) is 4.57 Å². The molecule has 0 aliphatic carbocycles. The van der Waals surface area contributed by atoms with Gasteiger partial charge in [0.2, 0.25) is 0 Å². The Morgan fingerprint density at radius 1 is 1.33 bits per heavy atom. The molecule has 0 saturated heterocycles. The van der Waals surface area contributed by atoms with Gasteiger partial charge in [0.1, 0.15) is 11.4 Å². The van der Waals surface area contributed by atoms with Gasteiger partial charge in [-0.2, -0.15) is 0 Å². The number of benzene rings is 1. The van der Waals surface area contributed by atoms with Crippen LogP contribution < -0.4 is 10.9 Å². The van der Waals surface area contributed by atoms with Crippen LogP contribution in [-0.4, -0.2) is 20.6 Å². The SMILES string of the molecule is O=C(O)c1cnc2n(c1=O)CC/C2=C\Nc1ccccc1. The van der Waals surface area contributed by atoms with Crippen molar-refractivity contribution in [1.29, 1.82) is 0 Å². The molecule has 0 amide bonds. The molecule has 0 atom stereocenters. The number of carbonyl (C=O) groups is 1. The molecule has 21 heavy (non-hydrogen) atoms. The van der Waals surface area contributed by atoms with Gasteiger partial charge in [-0.3, -0.25) is 9.36 Å². The van der Waals surface area contributed by atoms with E-state index in [-0.39, 0.29) is 5.56 Å². The van der Waals surface area contributed by atoms with Crippen molar-refractivity contribution in [2.24, 2.45) is 0 Å². The summed E-state index contributed by atoms with van der Waals surface area (Å²) in [5, 5.41) is 12.1. The average molecular weight is 283 g/mol. The lowest BCUT2D eigenvalue weighted by Crippen LogP contribution is -2.26. The Bertz CT molecular complexity index is 778. The van der Waals surface area contributed by atoms with Gasteiger partial charge >= 0.3 is 5.97 Å². The number of aromatic nitrogens is 2. The van der Waals surface area contributed by atoms with E-state index >= 15 is 0 Å². The Balaban J connectivity index is 1.93. The highest BCUT2D eigenvalue weighted by atomic mass is 16.4. The topological polar surface area (TPSA) is 84.2 Å². The molecule has 1 aromatic heterocycles. The molecule has 1 aromatic carbocycles.